The number of ether oxygens (including phenoxy) is 3. The zero-order valence-corrected chi connectivity index (χ0v) is 13.8. The van der Waals surface area contributed by atoms with E-state index in [4.69, 9.17) is 14.2 Å². The molecule has 0 spiro atoms. The Morgan fingerprint density at radius 1 is 1.20 bits per heavy atom. The van der Waals surface area contributed by atoms with Crippen LogP contribution >= 0.6 is 0 Å². The number of nitro groups is 1. The molecule has 0 bridgehead atoms. The zero-order chi connectivity index (χ0) is 18.2. The SMILES string of the molecule is COc1cc(C=C[N+](=O)[O-])ccc1OC(=O)COc1cccc(C)c1. The predicted octanol–water partition coefficient (Wildman–Crippen LogP) is 3.24. The van der Waals surface area contributed by atoms with Crippen molar-refractivity contribution < 1.29 is 23.9 Å². The summed E-state index contributed by atoms with van der Waals surface area (Å²) in [5.41, 5.74) is 1.57. The lowest BCUT2D eigenvalue weighted by Crippen LogP contribution is -2.18. The van der Waals surface area contributed by atoms with Crippen molar-refractivity contribution in [2.24, 2.45) is 0 Å². The first-order valence-corrected chi connectivity index (χ1v) is 7.38. The number of nitrogens with zero attached hydrogens (tertiary/aromatic N) is 1. The molecule has 0 fully saturated rings. The lowest BCUT2D eigenvalue weighted by Gasteiger charge is -2.10. The number of rotatable bonds is 7. The Morgan fingerprint density at radius 2 is 2.00 bits per heavy atom. The average molecular weight is 343 g/mol. The van der Waals surface area contributed by atoms with Gasteiger partial charge in [-0.1, -0.05) is 18.2 Å². The maximum absolute atomic E-state index is 11.9. The van der Waals surface area contributed by atoms with Crippen LogP contribution in [0.5, 0.6) is 17.2 Å². The summed E-state index contributed by atoms with van der Waals surface area (Å²) in [4.78, 5) is 21.7. The van der Waals surface area contributed by atoms with E-state index < -0.39 is 10.9 Å². The minimum Gasteiger partial charge on any atom is -0.493 e. The summed E-state index contributed by atoms with van der Waals surface area (Å²) >= 11 is 0. The highest BCUT2D eigenvalue weighted by molar-refractivity contribution is 5.75. The van der Waals surface area contributed by atoms with Crippen molar-refractivity contribution >= 4 is 12.0 Å². The van der Waals surface area contributed by atoms with E-state index in [1.54, 1.807) is 12.1 Å². The molecule has 0 aliphatic carbocycles. The molecular weight excluding hydrogens is 326 g/mol. The summed E-state index contributed by atoms with van der Waals surface area (Å²) < 4.78 is 15.8. The molecule has 7 heteroatoms. The molecule has 0 heterocycles. The Labute approximate surface area is 144 Å². The fraction of sp³-hybridized carbons (Fsp3) is 0.167. The number of hydrogen-bond donors (Lipinski definition) is 0. The zero-order valence-electron chi connectivity index (χ0n) is 13.8. The third-order valence-electron chi connectivity index (χ3n) is 3.15. The van der Waals surface area contributed by atoms with Crippen LogP contribution < -0.4 is 14.2 Å². The molecular formula is C18H17NO6. The molecule has 2 aromatic carbocycles. The fourth-order valence-electron chi connectivity index (χ4n) is 2.02. The van der Waals surface area contributed by atoms with Crippen LogP contribution in [0.1, 0.15) is 11.1 Å². The van der Waals surface area contributed by atoms with Gasteiger partial charge in [-0.05, 0) is 42.3 Å². The van der Waals surface area contributed by atoms with Crippen LogP contribution in [0.4, 0.5) is 0 Å². The summed E-state index contributed by atoms with van der Waals surface area (Å²) in [7, 11) is 1.41. The molecule has 0 aliphatic heterocycles. The second-order valence-electron chi connectivity index (χ2n) is 5.09. The predicted molar refractivity (Wildman–Crippen MR) is 91.3 cm³/mol. The second kappa shape index (κ2) is 8.49. The van der Waals surface area contributed by atoms with Gasteiger partial charge in [-0.15, -0.1) is 0 Å². The van der Waals surface area contributed by atoms with Crippen molar-refractivity contribution in [3.05, 3.63) is 69.9 Å². The van der Waals surface area contributed by atoms with Crippen molar-refractivity contribution in [2.45, 2.75) is 6.92 Å². The van der Waals surface area contributed by atoms with Gasteiger partial charge in [0.1, 0.15) is 5.75 Å². The maximum atomic E-state index is 11.9. The molecule has 0 aromatic heterocycles. The third kappa shape index (κ3) is 5.65. The Kier molecular flexibility index (Phi) is 6.11. The van der Waals surface area contributed by atoms with Crippen LogP contribution in [-0.2, 0) is 4.79 Å². The van der Waals surface area contributed by atoms with Crippen LogP contribution in [0.15, 0.2) is 48.7 Å². The molecule has 0 amide bonds. The van der Waals surface area contributed by atoms with Gasteiger partial charge in [0.2, 0.25) is 6.20 Å². The summed E-state index contributed by atoms with van der Waals surface area (Å²) in [6.07, 6.45) is 2.13. The number of aryl methyl sites for hydroxylation is 1. The molecule has 0 radical (unpaired) electrons. The Balaban J connectivity index is 2.01. The van der Waals surface area contributed by atoms with E-state index in [0.29, 0.717) is 11.3 Å². The van der Waals surface area contributed by atoms with E-state index in [0.717, 1.165) is 11.8 Å². The Bertz CT molecular complexity index is 800. The van der Waals surface area contributed by atoms with Gasteiger partial charge < -0.3 is 14.2 Å². The highest BCUT2D eigenvalue weighted by Crippen LogP contribution is 2.28. The second-order valence-corrected chi connectivity index (χ2v) is 5.09. The van der Waals surface area contributed by atoms with E-state index in [9.17, 15) is 14.9 Å². The fourth-order valence-corrected chi connectivity index (χ4v) is 2.02. The molecule has 0 saturated carbocycles. The molecule has 2 rings (SSSR count). The minimum absolute atomic E-state index is 0.207. The molecule has 2 aromatic rings. The van der Waals surface area contributed by atoms with Crippen molar-refractivity contribution in [3.8, 4) is 17.2 Å². The van der Waals surface area contributed by atoms with Crippen molar-refractivity contribution in [3.63, 3.8) is 0 Å². The minimum atomic E-state index is -0.589. The van der Waals surface area contributed by atoms with Crippen molar-refractivity contribution in [1.82, 2.24) is 0 Å². The first kappa shape index (κ1) is 18.0. The van der Waals surface area contributed by atoms with Gasteiger partial charge in [-0.25, -0.2) is 4.79 Å². The standard InChI is InChI=1S/C18H17NO6/c1-13-4-3-5-15(10-13)24-12-18(20)25-16-7-6-14(8-9-19(21)22)11-17(16)23-2/h3-11H,12H2,1-2H3. The van der Waals surface area contributed by atoms with E-state index in [2.05, 4.69) is 0 Å². The van der Waals surface area contributed by atoms with Gasteiger partial charge >= 0.3 is 5.97 Å². The summed E-state index contributed by atoms with van der Waals surface area (Å²) in [6.45, 7) is 1.67. The largest absolute Gasteiger partial charge is 0.493 e. The number of carbonyl (C=O) groups excluding carboxylic acids is 1. The molecule has 0 N–H and O–H groups in total. The highest BCUT2D eigenvalue weighted by atomic mass is 16.6. The number of methoxy groups -OCH3 is 1. The number of benzene rings is 2. The van der Waals surface area contributed by atoms with Gasteiger partial charge in [0.05, 0.1) is 12.0 Å². The Morgan fingerprint density at radius 3 is 2.68 bits per heavy atom. The third-order valence-corrected chi connectivity index (χ3v) is 3.15. The molecule has 25 heavy (non-hydrogen) atoms. The van der Waals surface area contributed by atoms with Crippen LogP contribution in [0.25, 0.3) is 6.08 Å². The van der Waals surface area contributed by atoms with Crippen LogP contribution in [0.3, 0.4) is 0 Å². The average Bonchev–Trinajstić information content (AvgIpc) is 2.59. The smallest absolute Gasteiger partial charge is 0.349 e. The van der Waals surface area contributed by atoms with Crippen molar-refractivity contribution in [2.75, 3.05) is 13.7 Å². The van der Waals surface area contributed by atoms with Gasteiger partial charge in [0, 0.05) is 6.08 Å². The molecule has 7 nitrogen and oxygen atoms in total. The molecule has 130 valence electrons. The highest BCUT2D eigenvalue weighted by Gasteiger charge is 2.11. The van der Waals surface area contributed by atoms with Gasteiger partial charge in [0.15, 0.2) is 18.1 Å². The van der Waals surface area contributed by atoms with E-state index in [-0.39, 0.29) is 18.1 Å². The monoisotopic (exact) mass is 343 g/mol. The van der Waals surface area contributed by atoms with E-state index in [1.165, 1.54) is 25.3 Å². The molecule has 0 aliphatic rings. The number of carbonyl (C=O) groups is 1. The number of hydrogen-bond acceptors (Lipinski definition) is 6. The van der Waals surface area contributed by atoms with E-state index in [1.807, 2.05) is 25.1 Å². The quantitative estimate of drug-likeness (QED) is 0.332. The van der Waals surface area contributed by atoms with E-state index >= 15 is 0 Å². The normalized spacial score (nSPS) is 10.5. The van der Waals surface area contributed by atoms with Crippen molar-refractivity contribution in [1.29, 1.82) is 0 Å². The van der Waals surface area contributed by atoms with Gasteiger partial charge in [-0.3, -0.25) is 10.1 Å². The van der Waals surface area contributed by atoms with Gasteiger partial charge in [0.25, 0.3) is 0 Å². The number of esters is 1. The van der Waals surface area contributed by atoms with Crippen LogP contribution in [0, 0.1) is 17.0 Å². The van der Waals surface area contributed by atoms with Gasteiger partial charge in [-0.2, -0.15) is 0 Å². The summed E-state index contributed by atoms with van der Waals surface area (Å²) in [5, 5.41) is 10.4. The lowest BCUT2D eigenvalue weighted by molar-refractivity contribution is -0.400. The summed E-state index contributed by atoms with van der Waals surface area (Å²) in [5.74, 6) is 0.477. The summed E-state index contributed by atoms with van der Waals surface area (Å²) in [6, 6.07) is 11.9. The molecule has 0 unspecified atom stereocenters. The lowest BCUT2D eigenvalue weighted by atomic mass is 10.2. The first-order chi connectivity index (χ1) is 12.0. The van der Waals surface area contributed by atoms with Crippen LogP contribution in [-0.4, -0.2) is 24.6 Å². The molecule has 0 atom stereocenters. The maximum Gasteiger partial charge on any atom is 0.349 e. The Hall–Kier alpha value is -3.35. The van der Waals surface area contributed by atoms with Crippen LogP contribution in [0.2, 0.25) is 0 Å². The first-order valence-electron chi connectivity index (χ1n) is 7.38. The topological polar surface area (TPSA) is 87.9 Å². The molecule has 0 saturated heterocycles.